The van der Waals surface area contributed by atoms with Gasteiger partial charge in [0.25, 0.3) is 0 Å². The van der Waals surface area contributed by atoms with E-state index in [4.69, 9.17) is 4.98 Å². The molecule has 1 rings (SSSR count). The Morgan fingerprint density at radius 3 is 2.53 bits per heavy atom. The third kappa shape index (κ3) is 3.93. The lowest BCUT2D eigenvalue weighted by Gasteiger charge is -2.34. The summed E-state index contributed by atoms with van der Waals surface area (Å²) in [6.45, 7) is 14.4. The molecule has 0 aliphatic carbocycles. The number of aromatic nitrogens is 1. The van der Waals surface area contributed by atoms with Crippen molar-refractivity contribution in [2.75, 3.05) is 18.5 Å². The average Bonchev–Trinajstić information content (AvgIpc) is 2.77. The van der Waals surface area contributed by atoms with Crippen LogP contribution in [0.4, 0.5) is 5.13 Å². The third-order valence-electron chi connectivity index (χ3n) is 3.98. The first-order valence-corrected chi connectivity index (χ1v) is 8.09. The second-order valence-corrected chi connectivity index (χ2v) is 6.86. The molecule has 1 aromatic heterocycles. The van der Waals surface area contributed by atoms with Gasteiger partial charge in [-0.05, 0) is 47.1 Å². The van der Waals surface area contributed by atoms with Gasteiger partial charge in [0.15, 0.2) is 5.13 Å². The van der Waals surface area contributed by atoms with Crippen LogP contribution in [0.15, 0.2) is 0 Å². The van der Waals surface area contributed by atoms with Crippen LogP contribution < -0.4 is 10.2 Å². The summed E-state index contributed by atoms with van der Waals surface area (Å²) in [7, 11) is 2.15. The molecule has 3 nitrogen and oxygen atoms in total. The highest BCUT2D eigenvalue weighted by Gasteiger charge is 2.25. The molecule has 1 aromatic rings. The smallest absolute Gasteiger partial charge is 0.186 e. The minimum absolute atomic E-state index is 0.154. The van der Waals surface area contributed by atoms with E-state index < -0.39 is 0 Å². The van der Waals surface area contributed by atoms with Crippen LogP contribution in [0.1, 0.15) is 64.1 Å². The monoisotopic (exact) mass is 283 g/mol. The molecule has 1 atom stereocenters. The second kappa shape index (κ2) is 6.71. The van der Waals surface area contributed by atoms with Crippen molar-refractivity contribution in [2.45, 2.75) is 66.0 Å². The summed E-state index contributed by atoms with van der Waals surface area (Å²) in [5, 5.41) is 4.68. The molecule has 0 aromatic carbocycles. The standard InChI is InChI=1S/C15H29N3S/c1-8-10-16-11(3)13-12(4)17-14(19-13)18(7)15(5,6)9-2/h11,16H,8-10H2,1-7H3. The largest absolute Gasteiger partial charge is 0.346 e. The van der Waals surface area contributed by atoms with Crippen LogP contribution in [0.2, 0.25) is 0 Å². The number of hydrogen-bond donors (Lipinski definition) is 1. The lowest BCUT2D eigenvalue weighted by Crippen LogP contribution is -2.40. The Labute approximate surface area is 122 Å². The van der Waals surface area contributed by atoms with Crippen LogP contribution in [-0.4, -0.2) is 24.1 Å². The molecule has 1 heterocycles. The molecule has 0 spiro atoms. The fourth-order valence-electron chi connectivity index (χ4n) is 1.89. The number of nitrogens with zero attached hydrogens (tertiary/aromatic N) is 2. The van der Waals surface area contributed by atoms with Gasteiger partial charge in [-0.2, -0.15) is 0 Å². The molecule has 0 saturated carbocycles. The number of aryl methyl sites for hydroxylation is 1. The Morgan fingerprint density at radius 2 is 2.00 bits per heavy atom. The summed E-state index contributed by atoms with van der Waals surface area (Å²) in [6.07, 6.45) is 2.28. The Balaban J connectivity index is 2.90. The normalized spacial score (nSPS) is 13.6. The zero-order valence-electron chi connectivity index (χ0n) is 13.5. The molecule has 1 N–H and O–H groups in total. The van der Waals surface area contributed by atoms with Gasteiger partial charge < -0.3 is 10.2 Å². The number of thiazole rings is 1. The van der Waals surface area contributed by atoms with Gasteiger partial charge in [-0.1, -0.05) is 13.8 Å². The molecular formula is C15H29N3S. The Kier molecular flexibility index (Phi) is 5.81. The minimum atomic E-state index is 0.154. The molecule has 0 amide bonds. The maximum Gasteiger partial charge on any atom is 0.186 e. The van der Waals surface area contributed by atoms with Crippen molar-refractivity contribution in [3.05, 3.63) is 10.6 Å². The first-order valence-electron chi connectivity index (χ1n) is 7.28. The summed E-state index contributed by atoms with van der Waals surface area (Å²) >= 11 is 1.82. The summed E-state index contributed by atoms with van der Waals surface area (Å²) in [4.78, 5) is 8.43. The maximum absolute atomic E-state index is 4.76. The van der Waals surface area contributed by atoms with Crippen LogP contribution in [0.3, 0.4) is 0 Å². The van der Waals surface area contributed by atoms with Crippen LogP contribution in [0.25, 0.3) is 0 Å². The van der Waals surface area contributed by atoms with Gasteiger partial charge >= 0.3 is 0 Å². The first kappa shape index (κ1) is 16.4. The summed E-state index contributed by atoms with van der Waals surface area (Å²) < 4.78 is 0. The van der Waals surface area contributed by atoms with E-state index in [1.54, 1.807) is 0 Å². The SMILES string of the molecule is CCCNC(C)c1sc(N(C)C(C)(C)CC)nc1C. The van der Waals surface area contributed by atoms with E-state index in [2.05, 4.69) is 58.8 Å². The molecule has 0 aliphatic heterocycles. The molecule has 4 heteroatoms. The lowest BCUT2D eigenvalue weighted by atomic mass is 10.0. The van der Waals surface area contributed by atoms with E-state index in [0.717, 1.165) is 30.2 Å². The fourth-order valence-corrected chi connectivity index (χ4v) is 3.11. The van der Waals surface area contributed by atoms with Crippen molar-refractivity contribution in [2.24, 2.45) is 0 Å². The summed E-state index contributed by atoms with van der Waals surface area (Å²) in [6, 6.07) is 0.393. The van der Waals surface area contributed by atoms with E-state index in [9.17, 15) is 0 Å². The lowest BCUT2D eigenvalue weighted by molar-refractivity contribution is 0.470. The van der Waals surface area contributed by atoms with Crippen molar-refractivity contribution in [3.63, 3.8) is 0 Å². The molecule has 1 unspecified atom stereocenters. The summed E-state index contributed by atoms with van der Waals surface area (Å²) in [5.41, 5.74) is 1.32. The van der Waals surface area contributed by atoms with Crippen molar-refractivity contribution in [1.29, 1.82) is 0 Å². The number of rotatable bonds is 7. The van der Waals surface area contributed by atoms with Crippen LogP contribution in [0.5, 0.6) is 0 Å². The van der Waals surface area contributed by atoms with Gasteiger partial charge in [-0.25, -0.2) is 4.98 Å². The van der Waals surface area contributed by atoms with E-state index in [1.807, 2.05) is 11.3 Å². The maximum atomic E-state index is 4.76. The number of nitrogens with one attached hydrogen (secondary N) is 1. The van der Waals surface area contributed by atoms with Crippen molar-refractivity contribution < 1.29 is 0 Å². The van der Waals surface area contributed by atoms with Crippen molar-refractivity contribution in [3.8, 4) is 0 Å². The van der Waals surface area contributed by atoms with E-state index in [1.165, 1.54) is 4.88 Å². The highest BCUT2D eigenvalue weighted by molar-refractivity contribution is 7.15. The van der Waals surface area contributed by atoms with Crippen molar-refractivity contribution in [1.82, 2.24) is 10.3 Å². The molecule has 0 aliphatic rings. The molecule has 0 saturated heterocycles. The Bertz CT molecular complexity index is 398. The Morgan fingerprint density at radius 1 is 1.37 bits per heavy atom. The Hall–Kier alpha value is -0.610. The topological polar surface area (TPSA) is 28.2 Å². The molecule has 0 bridgehead atoms. The molecule has 110 valence electrons. The number of hydrogen-bond acceptors (Lipinski definition) is 4. The van der Waals surface area contributed by atoms with Crippen molar-refractivity contribution >= 4 is 16.5 Å². The van der Waals surface area contributed by atoms with Gasteiger partial charge in [-0.15, -0.1) is 11.3 Å². The molecular weight excluding hydrogens is 254 g/mol. The third-order valence-corrected chi connectivity index (χ3v) is 5.39. The van der Waals surface area contributed by atoms with Gasteiger partial charge in [0.1, 0.15) is 0 Å². The van der Waals surface area contributed by atoms with Crippen LogP contribution in [-0.2, 0) is 0 Å². The first-order chi connectivity index (χ1) is 8.83. The highest BCUT2D eigenvalue weighted by Crippen LogP contribution is 2.33. The predicted molar refractivity (Wildman–Crippen MR) is 86.3 cm³/mol. The van der Waals surface area contributed by atoms with E-state index in [-0.39, 0.29) is 5.54 Å². The zero-order valence-corrected chi connectivity index (χ0v) is 14.3. The highest BCUT2D eigenvalue weighted by atomic mass is 32.1. The summed E-state index contributed by atoms with van der Waals surface area (Å²) in [5.74, 6) is 0. The average molecular weight is 283 g/mol. The fraction of sp³-hybridized carbons (Fsp3) is 0.800. The zero-order chi connectivity index (χ0) is 14.6. The molecule has 0 fully saturated rings. The van der Waals surface area contributed by atoms with Gasteiger partial charge in [0.2, 0.25) is 0 Å². The van der Waals surface area contributed by atoms with Gasteiger partial charge in [0.05, 0.1) is 5.69 Å². The van der Waals surface area contributed by atoms with Crippen LogP contribution >= 0.6 is 11.3 Å². The minimum Gasteiger partial charge on any atom is -0.346 e. The second-order valence-electron chi connectivity index (χ2n) is 5.85. The molecule has 0 radical (unpaired) electrons. The van der Waals surface area contributed by atoms with Crippen LogP contribution in [0, 0.1) is 6.92 Å². The van der Waals surface area contributed by atoms with Gasteiger partial charge in [0, 0.05) is 23.5 Å². The van der Waals surface area contributed by atoms with E-state index in [0.29, 0.717) is 6.04 Å². The molecule has 19 heavy (non-hydrogen) atoms. The van der Waals surface area contributed by atoms with E-state index >= 15 is 0 Å². The van der Waals surface area contributed by atoms with Gasteiger partial charge in [-0.3, -0.25) is 0 Å². The quantitative estimate of drug-likeness (QED) is 0.815. The predicted octanol–water partition coefficient (Wildman–Crippen LogP) is 4.14. The number of anilines is 1.